The zero-order chi connectivity index (χ0) is 17.6. The van der Waals surface area contributed by atoms with Crippen LogP contribution >= 0.6 is 0 Å². The molecular formula is C17H26N2O4. The lowest BCUT2D eigenvalue weighted by atomic mass is 10.0. The van der Waals surface area contributed by atoms with E-state index in [1.807, 2.05) is 26.0 Å². The molecule has 0 aliphatic heterocycles. The zero-order valence-corrected chi connectivity index (χ0v) is 14.7. The summed E-state index contributed by atoms with van der Waals surface area (Å²) in [5.74, 6) is 1.01. The van der Waals surface area contributed by atoms with Gasteiger partial charge < -0.3 is 19.7 Å². The number of likely N-dealkylation sites (N-methyl/N-ethyl adjacent to an activating group) is 1. The third-order valence-electron chi connectivity index (χ3n) is 3.57. The Morgan fingerprint density at radius 3 is 2.35 bits per heavy atom. The number of carbonyl (C=O) groups is 2. The van der Waals surface area contributed by atoms with E-state index in [2.05, 4.69) is 5.32 Å². The van der Waals surface area contributed by atoms with Gasteiger partial charge in [0.15, 0.2) is 0 Å². The van der Waals surface area contributed by atoms with Gasteiger partial charge in [-0.1, -0.05) is 13.8 Å². The van der Waals surface area contributed by atoms with E-state index in [1.165, 1.54) is 6.92 Å². The Bertz CT molecular complexity index is 558. The van der Waals surface area contributed by atoms with Crippen molar-refractivity contribution in [2.45, 2.75) is 33.4 Å². The number of nitrogens with one attached hydrogen (secondary N) is 1. The van der Waals surface area contributed by atoms with Crippen LogP contribution in [0.3, 0.4) is 0 Å². The predicted octanol–water partition coefficient (Wildman–Crippen LogP) is 1.82. The molecule has 0 heterocycles. The van der Waals surface area contributed by atoms with Gasteiger partial charge in [0.05, 0.1) is 14.2 Å². The van der Waals surface area contributed by atoms with Crippen molar-refractivity contribution >= 4 is 11.8 Å². The van der Waals surface area contributed by atoms with Crippen molar-refractivity contribution in [2.75, 3.05) is 21.3 Å². The van der Waals surface area contributed by atoms with E-state index in [9.17, 15) is 9.59 Å². The summed E-state index contributed by atoms with van der Waals surface area (Å²) < 4.78 is 10.5. The summed E-state index contributed by atoms with van der Waals surface area (Å²) in [6, 6.07) is 4.93. The number of nitrogens with zero attached hydrogens (tertiary/aromatic N) is 1. The number of methoxy groups -OCH3 is 2. The number of amides is 2. The maximum absolute atomic E-state index is 12.6. The average Bonchev–Trinajstić information content (AvgIpc) is 2.51. The van der Waals surface area contributed by atoms with Crippen LogP contribution in [-0.4, -0.2) is 44.0 Å². The first-order valence-corrected chi connectivity index (χ1v) is 7.53. The van der Waals surface area contributed by atoms with E-state index in [-0.39, 0.29) is 17.7 Å². The van der Waals surface area contributed by atoms with E-state index in [0.717, 1.165) is 5.56 Å². The molecule has 0 bridgehead atoms. The van der Waals surface area contributed by atoms with E-state index in [1.54, 1.807) is 32.2 Å². The molecule has 0 saturated carbocycles. The van der Waals surface area contributed by atoms with Crippen LogP contribution in [-0.2, 0) is 16.1 Å². The number of hydrogen-bond donors (Lipinski definition) is 1. The molecular weight excluding hydrogens is 296 g/mol. The van der Waals surface area contributed by atoms with E-state index < -0.39 is 6.04 Å². The van der Waals surface area contributed by atoms with Gasteiger partial charge in [0.25, 0.3) is 0 Å². The normalized spacial score (nSPS) is 11.8. The summed E-state index contributed by atoms with van der Waals surface area (Å²) in [5.41, 5.74) is 0.870. The van der Waals surface area contributed by atoms with Crippen LogP contribution in [0.4, 0.5) is 0 Å². The highest BCUT2D eigenvalue weighted by atomic mass is 16.5. The van der Waals surface area contributed by atoms with E-state index in [0.29, 0.717) is 18.0 Å². The molecule has 1 N–H and O–H groups in total. The molecule has 0 aliphatic rings. The van der Waals surface area contributed by atoms with Gasteiger partial charge in [-0.05, 0) is 18.1 Å². The molecule has 1 aromatic carbocycles. The summed E-state index contributed by atoms with van der Waals surface area (Å²) >= 11 is 0. The molecule has 0 unspecified atom stereocenters. The Balaban J connectivity index is 2.91. The summed E-state index contributed by atoms with van der Waals surface area (Å²) in [6.45, 7) is 5.60. The van der Waals surface area contributed by atoms with Crippen molar-refractivity contribution in [3.63, 3.8) is 0 Å². The van der Waals surface area contributed by atoms with Crippen LogP contribution in [0.1, 0.15) is 26.3 Å². The molecule has 1 aromatic rings. The first-order valence-electron chi connectivity index (χ1n) is 7.53. The molecule has 6 nitrogen and oxygen atoms in total. The Kier molecular flexibility index (Phi) is 6.88. The van der Waals surface area contributed by atoms with Gasteiger partial charge in [-0.15, -0.1) is 0 Å². The number of ether oxygens (including phenoxy) is 2. The monoisotopic (exact) mass is 322 g/mol. The highest BCUT2D eigenvalue weighted by Gasteiger charge is 2.26. The molecule has 0 saturated heterocycles. The van der Waals surface area contributed by atoms with Crippen molar-refractivity contribution in [1.29, 1.82) is 0 Å². The van der Waals surface area contributed by atoms with Crippen molar-refractivity contribution in [3.8, 4) is 11.5 Å². The van der Waals surface area contributed by atoms with Crippen LogP contribution in [0.2, 0.25) is 0 Å². The molecule has 0 aliphatic carbocycles. The zero-order valence-electron chi connectivity index (χ0n) is 14.7. The minimum atomic E-state index is -0.540. The summed E-state index contributed by atoms with van der Waals surface area (Å²) in [4.78, 5) is 25.5. The lowest BCUT2D eigenvalue weighted by Crippen LogP contribution is -2.49. The maximum atomic E-state index is 12.6. The Morgan fingerprint density at radius 1 is 1.22 bits per heavy atom. The van der Waals surface area contributed by atoms with Crippen molar-refractivity contribution in [3.05, 3.63) is 23.8 Å². The lowest BCUT2D eigenvalue weighted by Gasteiger charge is -2.27. The maximum Gasteiger partial charge on any atom is 0.245 e. The molecule has 1 rings (SSSR count). The van der Waals surface area contributed by atoms with Gasteiger partial charge in [-0.25, -0.2) is 0 Å². The second kappa shape index (κ2) is 8.41. The van der Waals surface area contributed by atoms with Crippen molar-refractivity contribution in [1.82, 2.24) is 10.2 Å². The molecule has 2 amide bonds. The first-order chi connectivity index (χ1) is 10.8. The van der Waals surface area contributed by atoms with Crippen LogP contribution in [0.25, 0.3) is 0 Å². The molecule has 1 atom stereocenters. The van der Waals surface area contributed by atoms with Gasteiger partial charge in [-0.2, -0.15) is 0 Å². The first kappa shape index (κ1) is 18.8. The lowest BCUT2D eigenvalue weighted by molar-refractivity contribution is -0.136. The third kappa shape index (κ3) is 5.16. The van der Waals surface area contributed by atoms with Crippen LogP contribution in [0.15, 0.2) is 18.2 Å². The number of carbonyl (C=O) groups excluding carboxylic acids is 2. The minimum absolute atomic E-state index is 0.00612. The second-order valence-corrected chi connectivity index (χ2v) is 5.79. The Hall–Kier alpha value is -2.24. The smallest absolute Gasteiger partial charge is 0.245 e. The molecule has 0 aromatic heterocycles. The van der Waals surface area contributed by atoms with Gasteiger partial charge in [-0.3, -0.25) is 9.59 Å². The summed E-state index contributed by atoms with van der Waals surface area (Å²) in [6.07, 6.45) is 0. The highest BCUT2D eigenvalue weighted by Crippen LogP contribution is 2.25. The molecule has 0 spiro atoms. The van der Waals surface area contributed by atoms with E-state index in [4.69, 9.17) is 9.47 Å². The Morgan fingerprint density at radius 2 is 1.87 bits per heavy atom. The highest BCUT2D eigenvalue weighted by molar-refractivity contribution is 5.87. The van der Waals surface area contributed by atoms with Gasteiger partial charge in [0.2, 0.25) is 11.8 Å². The molecule has 23 heavy (non-hydrogen) atoms. The number of hydrogen-bond acceptors (Lipinski definition) is 4. The standard InChI is InChI=1S/C17H26N2O4/c1-11(2)16(18-12(3)20)17(21)19(4)10-13-7-8-14(22-5)9-15(13)23-6/h7-9,11,16H,10H2,1-6H3,(H,18,20)/t16-/m0/s1. The summed E-state index contributed by atoms with van der Waals surface area (Å²) in [7, 11) is 4.88. The second-order valence-electron chi connectivity index (χ2n) is 5.79. The van der Waals surface area contributed by atoms with Gasteiger partial charge in [0.1, 0.15) is 17.5 Å². The van der Waals surface area contributed by atoms with Gasteiger partial charge in [0, 0.05) is 32.1 Å². The Labute approximate surface area is 137 Å². The minimum Gasteiger partial charge on any atom is -0.497 e. The van der Waals surface area contributed by atoms with Crippen molar-refractivity contribution in [2.24, 2.45) is 5.92 Å². The average molecular weight is 322 g/mol. The largest absolute Gasteiger partial charge is 0.497 e. The quantitative estimate of drug-likeness (QED) is 0.831. The number of rotatable bonds is 7. The molecule has 0 radical (unpaired) electrons. The molecule has 0 fully saturated rings. The fourth-order valence-corrected chi connectivity index (χ4v) is 2.29. The predicted molar refractivity (Wildman–Crippen MR) is 88.5 cm³/mol. The molecule has 6 heteroatoms. The topological polar surface area (TPSA) is 67.9 Å². The van der Waals surface area contributed by atoms with Crippen LogP contribution in [0, 0.1) is 5.92 Å². The van der Waals surface area contributed by atoms with Crippen LogP contribution < -0.4 is 14.8 Å². The third-order valence-corrected chi connectivity index (χ3v) is 3.57. The number of benzene rings is 1. The van der Waals surface area contributed by atoms with Gasteiger partial charge >= 0.3 is 0 Å². The van der Waals surface area contributed by atoms with Crippen molar-refractivity contribution < 1.29 is 19.1 Å². The van der Waals surface area contributed by atoms with Crippen LogP contribution in [0.5, 0.6) is 11.5 Å². The molecule has 128 valence electrons. The van der Waals surface area contributed by atoms with E-state index >= 15 is 0 Å². The fourth-order valence-electron chi connectivity index (χ4n) is 2.29. The summed E-state index contributed by atoms with van der Waals surface area (Å²) in [5, 5.41) is 2.71. The SMILES string of the molecule is COc1ccc(CN(C)C(=O)[C@@H](NC(C)=O)C(C)C)c(OC)c1. The fraction of sp³-hybridized carbons (Fsp3) is 0.529.